The standard InChI is InChI=1S/C31H26FN5O3/c1-3-20(2)28(30(38)35-22-9-5-4-6-10-22)31(39)36-23-11-12-26(25(32)18-23)40-27-13-16-34-37-17-14-24(29(27)37)21-8-7-15-33-19-21/h4-19H,3H2,1-2H3,(H,35,38)(H,36,39)/b28-20+. The van der Waals surface area contributed by atoms with Crippen LogP contribution in [0.5, 0.6) is 11.5 Å². The van der Waals surface area contributed by atoms with E-state index >= 15 is 4.39 Å². The molecule has 40 heavy (non-hydrogen) atoms. The molecule has 5 rings (SSSR count). The summed E-state index contributed by atoms with van der Waals surface area (Å²) in [6.45, 7) is 3.57. The number of pyridine rings is 1. The van der Waals surface area contributed by atoms with Gasteiger partial charge < -0.3 is 15.4 Å². The average molecular weight is 536 g/mol. The minimum atomic E-state index is -0.686. The first-order valence-corrected chi connectivity index (χ1v) is 12.7. The highest BCUT2D eigenvalue weighted by Gasteiger charge is 2.22. The van der Waals surface area contributed by atoms with Crippen LogP contribution < -0.4 is 15.4 Å². The number of hydrogen-bond acceptors (Lipinski definition) is 5. The maximum atomic E-state index is 15.2. The number of hydrogen-bond donors (Lipinski definition) is 2. The Morgan fingerprint density at radius 1 is 0.900 bits per heavy atom. The van der Waals surface area contributed by atoms with Gasteiger partial charge in [0.05, 0.1) is 6.20 Å². The molecule has 3 heterocycles. The average Bonchev–Trinajstić information content (AvgIpc) is 3.41. The van der Waals surface area contributed by atoms with E-state index in [1.165, 1.54) is 12.1 Å². The second kappa shape index (κ2) is 11.6. The van der Waals surface area contributed by atoms with Gasteiger partial charge in [-0.2, -0.15) is 5.10 Å². The zero-order valence-electron chi connectivity index (χ0n) is 21.9. The van der Waals surface area contributed by atoms with E-state index in [0.29, 0.717) is 28.9 Å². The van der Waals surface area contributed by atoms with Gasteiger partial charge in [0.2, 0.25) is 0 Å². The number of halogens is 1. The molecule has 0 atom stereocenters. The fourth-order valence-electron chi connectivity index (χ4n) is 4.21. The molecular formula is C31H26FN5O3. The Hall–Kier alpha value is -5.31. The number of ether oxygens (including phenoxy) is 1. The quantitative estimate of drug-likeness (QED) is 0.132. The molecule has 0 radical (unpaired) electrons. The molecule has 0 saturated heterocycles. The van der Waals surface area contributed by atoms with Gasteiger partial charge in [-0.15, -0.1) is 0 Å². The van der Waals surface area contributed by atoms with E-state index in [4.69, 9.17) is 4.74 Å². The zero-order chi connectivity index (χ0) is 28.1. The van der Waals surface area contributed by atoms with Crippen LogP contribution in [0.15, 0.2) is 109 Å². The smallest absolute Gasteiger partial charge is 0.261 e. The molecule has 2 amide bonds. The predicted molar refractivity (Wildman–Crippen MR) is 152 cm³/mol. The molecule has 0 aliphatic heterocycles. The molecule has 0 fully saturated rings. The highest BCUT2D eigenvalue weighted by Crippen LogP contribution is 2.35. The Morgan fingerprint density at radius 3 is 2.38 bits per heavy atom. The van der Waals surface area contributed by atoms with Crippen LogP contribution in [0.3, 0.4) is 0 Å². The molecule has 9 heteroatoms. The van der Waals surface area contributed by atoms with Crippen molar-refractivity contribution >= 4 is 28.7 Å². The summed E-state index contributed by atoms with van der Waals surface area (Å²) in [6.07, 6.45) is 7.26. The summed E-state index contributed by atoms with van der Waals surface area (Å²) >= 11 is 0. The van der Waals surface area contributed by atoms with Gasteiger partial charge in [0.25, 0.3) is 11.8 Å². The van der Waals surface area contributed by atoms with Crippen molar-refractivity contribution in [2.45, 2.75) is 20.3 Å². The topological polar surface area (TPSA) is 97.6 Å². The monoisotopic (exact) mass is 535 g/mol. The molecule has 0 saturated carbocycles. The van der Waals surface area contributed by atoms with Crippen molar-refractivity contribution in [1.29, 1.82) is 0 Å². The number of nitrogens with one attached hydrogen (secondary N) is 2. The van der Waals surface area contributed by atoms with E-state index in [1.807, 2.05) is 31.2 Å². The number of anilines is 2. The molecule has 5 aromatic rings. The molecular weight excluding hydrogens is 509 g/mol. The molecule has 0 bridgehead atoms. The van der Waals surface area contributed by atoms with Crippen molar-refractivity contribution < 1.29 is 18.7 Å². The maximum Gasteiger partial charge on any atom is 0.261 e. The van der Waals surface area contributed by atoms with Gasteiger partial charge in [-0.1, -0.05) is 36.8 Å². The van der Waals surface area contributed by atoms with Gasteiger partial charge in [0.1, 0.15) is 11.1 Å². The number of carbonyl (C=O) groups excluding carboxylic acids is 2. The molecule has 2 aromatic carbocycles. The van der Waals surface area contributed by atoms with Gasteiger partial charge in [-0.25, -0.2) is 8.91 Å². The first kappa shape index (κ1) is 26.3. The Kier molecular flexibility index (Phi) is 7.63. The first-order chi connectivity index (χ1) is 19.4. The number of nitrogens with zero attached hydrogens (tertiary/aromatic N) is 3. The van der Waals surface area contributed by atoms with E-state index in [2.05, 4.69) is 20.7 Å². The minimum Gasteiger partial charge on any atom is -0.452 e. The summed E-state index contributed by atoms with van der Waals surface area (Å²) in [5.74, 6) is -1.50. The Balaban J connectivity index is 1.37. The predicted octanol–water partition coefficient (Wildman–Crippen LogP) is 6.63. The first-order valence-electron chi connectivity index (χ1n) is 12.7. The highest BCUT2D eigenvalue weighted by atomic mass is 19.1. The van der Waals surface area contributed by atoms with Crippen molar-refractivity contribution in [2.75, 3.05) is 10.6 Å². The van der Waals surface area contributed by atoms with Gasteiger partial charge in [-0.3, -0.25) is 14.6 Å². The van der Waals surface area contributed by atoms with Crippen molar-refractivity contribution in [1.82, 2.24) is 14.6 Å². The number of para-hydroxylation sites is 1. The Morgan fingerprint density at radius 2 is 1.68 bits per heavy atom. The fraction of sp³-hybridized carbons (Fsp3) is 0.0968. The Bertz CT molecular complexity index is 1720. The van der Waals surface area contributed by atoms with Crippen LogP contribution in [0.4, 0.5) is 15.8 Å². The second-order valence-electron chi connectivity index (χ2n) is 8.99. The van der Waals surface area contributed by atoms with E-state index in [9.17, 15) is 9.59 Å². The molecule has 200 valence electrons. The van der Waals surface area contributed by atoms with Gasteiger partial charge in [-0.05, 0) is 49.7 Å². The molecule has 0 spiro atoms. The summed E-state index contributed by atoms with van der Waals surface area (Å²) in [6, 6.07) is 20.2. The van der Waals surface area contributed by atoms with Gasteiger partial charge in [0, 0.05) is 53.2 Å². The second-order valence-corrected chi connectivity index (χ2v) is 8.99. The van der Waals surface area contributed by atoms with Gasteiger partial charge >= 0.3 is 0 Å². The van der Waals surface area contributed by atoms with Crippen LogP contribution in [0.1, 0.15) is 20.3 Å². The molecule has 0 aliphatic carbocycles. The van der Waals surface area contributed by atoms with E-state index in [0.717, 1.165) is 17.2 Å². The van der Waals surface area contributed by atoms with Gasteiger partial charge in [0.15, 0.2) is 17.3 Å². The van der Waals surface area contributed by atoms with Crippen LogP contribution in [0.25, 0.3) is 16.6 Å². The SMILES string of the molecule is CC/C(C)=C(\C(=O)Nc1ccccc1)C(=O)Nc1ccc(Oc2ccnn3ccc(-c4cccnc4)c23)c(F)c1. The van der Waals surface area contributed by atoms with Crippen LogP contribution in [0.2, 0.25) is 0 Å². The molecule has 2 N–H and O–H groups in total. The number of allylic oxidation sites excluding steroid dienone is 1. The minimum absolute atomic E-state index is 0.0255. The summed E-state index contributed by atoms with van der Waals surface area (Å²) in [7, 11) is 0. The van der Waals surface area contributed by atoms with Crippen LogP contribution in [-0.4, -0.2) is 26.4 Å². The van der Waals surface area contributed by atoms with Crippen molar-refractivity contribution in [3.63, 3.8) is 0 Å². The summed E-state index contributed by atoms with van der Waals surface area (Å²) in [5, 5.41) is 9.69. The van der Waals surface area contributed by atoms with Crippen molar-refractivity contribution in [3.8, 4) is 22.6 Å². The van der Waals surface area contributed by atoms with Crippen LogP contribution >= 0.6 is 0 Å². The number of benzene rings is 2. The van der Waals surface area contributed by atoms with Crippen LogP contribution in [-0.2, 0) is 9.59 Å². The fourth-order valence-corrected chi connectivity index (χ4v) is 4.21. The van der Waals surface area contributed by atoms with Crippen LogP contribution in [0, 0.1) is 5.82 Å². The third kappa shape index (κ3) is 5.58. The van der Waals surface area contributed by atoms with E-state index in [-0.39, 0.29) is 17.0 Å². The molecule has 3 aromatic heterocycles. The lowest BCUT2D eigenvalue weighted by Gasteiger charge is -2.14. The normalized spacial score (nSPS) is 11.6. The number of fused-ring (bicyclic) bond motifs is 1. The summed E-state index contributed by atoms with van der Waals surface area (Å²) in [4.78, 5) is 30.2. The number of rotatable bonds is 8. The van der Waals surface area contributed by atoms with E-state index in [1.54, 1.807) is 66.6 Å². The van der Waals surface area contributed by atoms with Crippen molar-refractivity contribution in [2.24, 2.45) is 0 Å². The highest BCUT2D eigenvalue weighted by molar-refractivity contribution is 6.26. The third-order valence-corrected chi connectivity index (χ3v) is 6.34. The summed E-state index contributed by atoms with van der Waals surface area (Å²) in [5.41, 5.74) is 3.67. The molecule has 0 unspecified atom stereocenters. The lowest BCUT2D eigenvalue weighted by molar-refractivity contribution is -0.118. The number of aromatic nitrogens is 3. The largest absolute Gasteiger partial charge is 0.452 e. The molecule has 8 nitrogen and oxygen atoms in total. The van der Waals surface area contributed by atoms with Crippen molar-refractivity contribution in [3.05, 3.63) is 115 Å². The molecule has 0 aliphatic rings. The van der Waals surface area contributed by atoms with E-state index < -0.39 is 17.6 Å². The zero-order valence-corrected chi connectivity index (χ0v) is 21.9. The Labute approximate surface area is 230 Å². The lowest BCUT2D eigenvalue weighted by atomic mass is 10.1. The number of carbonyl (C=O) groups is 2. The summed E-state index contributed by atoms with van der Waals surface area (Å²) < 4.78 is 22.8. The maximum absolute atomic E-state index is 15.2. The number of amides is 2. The lowest BCUT2D eigenvalue weighted by Crippen LogP contribution is -2.26. The third-order valence-electron chi connectivity index (χ3n) is 6.34.